The van der Waals surface area contributed by atoms with Gasteiger partial charge in [0.25, 0.3) is 0 Å². The van der Waals surface area contributed by atoms with E-state index >= 15 is 0 Å². The number of esters is 1. The van der Waals surface area contributed by atoms with Gasteiger partial charge in [0, 0.05) is 12.3 Å². The van der Waals surface area contributed by atoms with E-state index in [1.807, 2.05) is 39.0 Å². The van der Waals surface area contributed by atoms with Crippen LogP contribution in [-0.2, 0) is 16.0 Å². The Morgan fingerprint density at radius 1 is 1.27 bits per heavy atom. The van der Waals surface area contributed by atoms with Gasteiger partial charge in [-0.15, -0.1) is 6.58 Å². The van der Waals surface area contributed by atoms with Crippen molar-refractivity contribution in [1.82, 2.24) is 0 Å². The highest BCUT2D eigenvalue weighted by Gasteiger charge is 2.20. The molecule has 0 radical (unpaired) electrons. The van der Waals surface area contributed by atoms with Crippen LogP contribution in [0.25, 0.3) is 0 Å². The van der Waals surface area contributed by atoms with E-state index in [1.165, 1.54) is 5.56 Å². The molecule has 0 bridgehead atoms. The molecule has 122 valence electrons. The maximum Gasteiger partial charge on any atom is 0.306 e. The van der Waals surface area contributed by atoms with E-state index in [1.54, 1.807) is 6.08 Å². The van der Waals surface area contributed by atoms with Crippen molar-refractivity contribution in [2.24, 2.45) is 5.92 Å². The first-order valence-electron chi connectivity index (χ1n) is 7.88. The molecule has 1 rings (SSSR count). The number of aliphatic hydroxyl groups excluding tert-OH is 1. The van der Waals surface area contributed by atoms with E-state index < -0.39 is 11.7 Å². The molecular formula is C19H28O3. The topological polar surface area (TPSA) is 46.5 Å². The lowest BCUT2D eigenvalue weighted by atomic mass is 9.92. The summed E-state index contributed by atoms with van der Waals surface area (Å²) in [6, 6.07) is 10.1. The Morgan fingerprint density at radius 2 is 1.91 bits per heavy atom. The highest BCUT2D eigenvalue weighted by Crippen LogP contribution is 2.19. The average Bonchev–Trinajstić information content (AvgIpc) is 2.45. The first-order valence-corrected chi connectivity index (χ1v) is 7.88. The average molecular weight is 304 g/mol. The fourth-order valence-electron chi connectivity index (χ4n) is 2.32. The highest BCUT2D eigenvalue weighted by molar-refractivity contribution is 5.69. The second-order valence-electron chi connectivity index (χ2n) is 6.62. The second kappa shape index (κ2) is 8.74. The third-order valence-corrected chi connectivity index (χ3v) is 3.47. The third-order valence-electron chi connectivity index (χ3n) is 3.47. The summed E-state index contributed by atoms with van der Waals surface area (Å²) in [7, 11) is 0. The van der Waals surface area contributed by atoms with Crippen LogP contribution in [0, 0.1) is 5.92 Å². The fraction of sp³-hybridized carbons (Fsp3) is 0.526. The molecule has 0 amide bonds. The lowest BCUT2D eigenvalue weighted by molar-refractivity contribution is -0.155. The smallest absolute Gasteiger partial charge is 0.306 e. The number of carbonyl (C=O) groups excluding carboxylic acids is 1. The van der Waals surface area contributed by atoms with Gasteiger partial charge in [0.05, 0.1) is 6.10 Å². The highest BCUT2D eigenvalue weighted by atomic mass is 16.6. The van der Waals surface area contributed by atoms with Gasteiger partial charge in [-0.2, -0.15) is 0 Å². The monoisotopic (exact) mass is 304 g/mol. The van der Waals surface area contributed by atoms with E-state index in [0.29, 0.717) is 19.3 Å². The van der Waals surface area contributed by atoms with Gasteiger partial charge in [0.1, 0.15) is 5.60 Å². The van der Waals surface area contributed by atoms with Gasteiger partial charge in [-0.05, 0) is 45.6 Å². The van der Waals surface area contributed by atoms with Crippen molar-refractivity contribution in [3.8, 4) is 0 Å². The Bertz CT molecular complexity index is 459. The van der Waals surface area contributed by atoms with E-state index in [-0.39, 0.29) is 11.9 Å². The Balaban J connectivity index is 2.39. The van der Waals surface area contributed by atoms with Crippen LogP contribution < -0.4 is 0 Å². The Hall–Kier alpha value is -1.61. The molecule has 1 aromatic rings. The van der Waals surface area contributed by atoms with Crippen LogP contribution >= 0.6 is 0 Å². The summed E-state index contributed by atoms with van der Waals surface area (Å²) in [5, 5.41) is 10.3. The maximum absolute atomic E-state index is 11.7. The molecule has 3 heteroatoms. The number of aryl methyl sites for hydroxylation is 1. The number of rotatable bonds is 8. The lowest BCUT2D eigenvalue weighted by Crippen LogP contribution is -2.25. The van der Waals surface area contributed by atoms with E-state index in [0.717, 1.165) is 6.42 Å². The molecule has 0 aliphatic rings. The van der Waals surface area contributed by atoms with Gasteiger partial charge in [-0.25, -0.2) is 0 Å². The minimum absolute atomic E-state index is 0.0868. The number of hydrogen-bond acceptors (Lipinski definition) is 3. The van der Waals surface area contributed by atoms with Crippen LogP contribution in [-0.4, -0.2) is 22.8 Å². The van der Waals surface area contributed by atoms with Crippen molar-refractivity contribution >= 4 is 5.97 Å². The Labute approximate surface area is 134 Å². The summed E-state index contributed by atoms with van der Waals surface area (Å²) < 4.78 is 5.29. The summed E-state index contributed by atoms with van der Waals surface area (Å²) in [4.78, 5) is 11.7. The zero-order valence-corrected chi connectivity index (χ0v) is 13.9. The van der Waals surface area contributed by atoms with E-state index in [2.05, 4.69) is 18.7 Å². The number of benzene rings is 1. The van der Waals surface area contributed by atoms with Crippen LogP contribution in [0.4, 0.5) is 0 Å². The van der Waals surface area contributed by atoms with Crippen molar-refractivity contribution < 1.29 is 14.6 Å². The maximum atomic E-state index is 11.7. The van der Waals surface area contributed by atoms with Gasteiger partial charge < -0.3 is 9.84 Å². The molecule has 0 aromatic heterocycles. The molecule has 2 atom stereocenters. The second-order valence-corrected chi connectivity index (χ2v) is 6.62. The fourth-order valence-corrected chi connectivity index (χ4v) is 2.32. The van der Waals surface area contributed by atoms with E-state index in [9.17, 15) is 9.90 Å². The molecular weight excluding hydrogens is 276 g/mol. The standard InChI is InChI=1S/C19H28O3/c1-5-16(12-14-18(21)22-19(2,3)4)17(20)13-11-15-9-7-6-8-10-15/h5-10,16-17,20H,1,11-14H2,2-4H3/t16-,17-/m0/s1. The number of hydrogen-bond donors (Lipinski definition) is 1. The molecule has 0 aliphatic heterocycles. The molecule has 1 aromatic carbocycles. The summed E-state index contributed by atoms with van der Waals surface area (Å²) in [6.45, 7) is 9.33. The molecule has 0 unspecified atom stereocenters. The first kappa shape index (κ1) is 18.4. The molecule has 0 spiro atoms. The summed E-state index contributed by atoms with van der Waals surface area (Å²) >= 11 is 0. The van der Waals surface area contributed by atoms with E-state index in [4.69, 9.17) is 4.74 Å². The largest absolute Gasteiger partial charge is 0.460 e. The lowest BCUT2D eigenvalue weighted by Gasteiger charge is -2.22. The Morgan fingerprint density at radius 3 is 2.45 bits per heavy atom. The summed E-state index contributed by atoms with van der Waals surface area (Å²) in [6.07, 6.45) is 3.60. The van der Waals surface area contributed by atoms with Crippen molar-refractivity contribution in [3.63, 3.8) is 0 Å². The minimum atomic E-state index is -0.486. The van der Waals surface area contributed by atoms with Crippen molar-refractivity contribution in [1.29, 1.82) is 0 Å². The summed E-state index contributed by atoms with van der Waals surface area (Å²) in [5.41, 5.74) is 0.740. The van der Waals surface area contributed by atoms with Gasteiger partial charge in [0.2, 0.25) is 0 Å². The third kappa shape index (κ3) is 7.41. The quantitative estimate of drug-likeness (QED) is 0.585. The number of aliphatic hydroxyl groups is 1. The van der Waals surface area contributed by atoms with Crippen LogP contribution in [0.3, 0.4) is 0 Å². The van der Waals surface area contributed by atoms with Crippen LogP contribution in [0.15, 0.2) is 43.0 Å². The first-order chi connectivity index (χ1) is 10.3. The molecule has 0 heterocycles. The molecule has 22 heavy (non-hydrogen) atoms. The molecule has 0 saturated heterocycles. The summed E-state index contributed by atoms with van der Waals surface area (Å²) in [5.74, 6) is -0.314. The Kier molecular flexibility index (Phi) is 7.33. The number of ether oxygens (including phenoxy) is 1. The molecule has 0 fully saturated rings. The minimum Gasteiger partial charge on any atom is -0.460 e. The van der Waals surface area contributed by atoms with Crippen molar-refractivity contribution in [3.05, 3.63) is 48.6 Å². The molecule has 1 N–H and O–H groups in total. The molecule has 0 aliphatic carbocycles. The normalized spacial score (nSPS) is 14.2. The predicted octanol–water partition coefficient (Wildman–Crippen LogP) is 3.90. The number of carbonyl (C=O) groups is 1. The van der Waals surface area contributed by atoms with Gasteiger partial charge in [-0.1, -0.05) is 36.4 Å². The van der Waals surface area contributed by atoms with Crippen LogP contribution in [0.2, 0.25) is 0 Å². The van der Waals surface area contributed by atoms with Crippen LogP contribution in [0.5, 0.6) is 0 Å². The molecule has 0 saturated carbocycles. The predicted molar refractivity (Wildman–Crippen MR) is 89.5 cm³/mol. The van der Waals surface area contributed by atoms with Crippen LogP contribution in [0.1, 0.15) is 45.6 Å². The zero-order valence-electron chi connectivity index (χ0n) is 13.9. The van der Waals surface area contributed by atoms with Crippen molar-refractivity contribution in [2.45, 2.75) is 58.2 Å². The SMILES string of the molecule is C=C[C@@H](CCC(=O)OC(C)(C)C)[C@@H](O)CCc1ccccc1. The van der Waals surface area contributed by atoms with Gasteiger partial charge in [0.15, 0.2) is 0 Å². The zero-order chi connectivity index (χ0) is 16.6. The van der Waals surface area contributed by atoms with Gasteiger partial charge >= 0.3 is 5.97 Å². The molecule has 3 nitrogen and oxygen atoms in total. The van der Waals surface area contributed by atoms with Gasteiger partial charge in [-0.3, -0.25) is 4.79 Å². The van der Waals surface area contributed by atoms with Crippen molar-refractivity contribution in [2.75, 3.05) is 0 Å².